The highest BCUT2D eigenvalue weighted by Gasteiger charge is 2.31. The van der Waals surface area contributed by atoms with E-state index in [1.165, 1.54) is 31.1 Å². The van der Waals surface area contributed by atoms with Crippen molar-refractivity contribution in [3.05, 3.63) is 0 Å². The molecule has 2 aliphatic rings. The fourth-order valence-corrected chi connectivity index (χ4v) is 12.0. The minimum atomic E-state index is -0.265. The lowest BCUT2D eigenvalue weighted by Gasteiger charge is -2.37. The van der Waals surface area contributed by atoms with Crippen molar-refractivity contribution in [2.45, 2.75) is 101 Å². The topological polar surface area (TPSA) is 0 Å². The molecule has 0 aromatic carbocycles. The molecule has 0 unspecified atom stereocenters. The summed E-state index contributed by atoms with van der Waals surface area (Å²) in [7, 11) is -0.507. The maximum Gasteiger partial charge on any atom is 0.0368 e. The van der Waals surface area contributed by atoms with Gasteiger partial charge in [-0.3, -0.25) is 0 Å². The van der Waals surface area contributed by atoms with Gasteiger partial charge in [0.05, 0.1) is 0 Å². The Balaban J connectivity index is 1.62. The molecule has 0 N–H and O–H groups in total. The van der Waals surface area contributed by atoms with Crippen molar-refractivity contribution in [3.63, 3.8) is 0 Å². The van der Waals surface area contributed by atoms with Gasteiger partial charge in [-0.05, 0) is 11.8 Å². The molecule has 2 heteroatoms. The molecule has 0 saturated carbocycles. The summed E-state index contributed by atoms with van der Waals surface area (Å²) in [6.07, 6.45) is 12.5. The number of hydrogen-bond acceptors (Lipinski definition) is 0. The maximum atomic E-state index is 2.39. The van der Waals surface area contributed by atoms with Crippen LogP contribution in [0.15, 0.2) is 0 Å². The quantitative estimate of drug-likeness (QED) is 0.408. The third kappa shape index (κ3) is 5.33. The monoisotopic (exact) mass is 310 g/mol. The molecule has 2 heterocycles. The molecule has 2 fully saturated rings. The zero-order valence-electron chi connectivity index (χ0n) is 14.2. The molecule has 0 nitrogen and oxygen atoms in total. The number of rotatable bonds is 7. The zero-order valence-corrected chi connectivity index (χ0v) is 16.5. The summed E-state index contributed by atoms with van der Waals surface area (Å²) in [5.41, 5.74) is 0. The molecule has 2 saturated heterocycles. The van der Waals surface area contributed by atoms with Gasteiger partial charge < -0.3 is 0 Å². The highest BCUT2D eigenvalue weighted by molar-refractivity contribution is 6.59. The summed E-state index contributed by atoms with van der Waals surface area (Å²) >= 11 is 0. The maximum absolute atomic E-state index is 2.39. The molecule has 0 atom stereocenters. The van der Waals surface area contributed by atoms with Crippen molar-refractivity contribution >= 4 is 17.6 Å². The molecule has 0 radical (unpaired) electrons. The molecule has 2 rings (SSSR count). The van der Waals surface area contributed by atoms with Gasteiger partial charge in [0.15, 0.2) is 0 Å². The summed E-state index contributed by atoms with van der Waals surface area (Å²) < 4.78 is 0. The second-order valence-electron chi connectivity index (χ2n) is 7.85. The summed E-state index contributed by atoms with van der Waals surface area (Å²) in [4.78, 5) is 0. The highest BCUT2D eigenvalue weighted by Crippen LogP contribution is 2.40. The van der Waals surface area contributed by atoms with Crippen molar-refractivity contribution in [2.24, 2.45) is 11.8 Å². The van der Waals surface area contributed by atoms with Gasteiger partial charge in [0, 0.05) is 17.6 Å². The normalized spacial score (nSPS) is 35.1. The lowest BCUT2D eigenvalue weighted by atomic mass is 9.83. The first-order valence-corrected chi connectivity index (χ1v) is 14.7. The molecule has 0 aliphatic carbocycles. The Morgan fingerprint density at radius 3 is 1.60 bits per heavy atom. The van der Waals surface area contributed by atoms with Crippen LogP contribution >= 0.6 is 0 Å². The summed E-state index contributed by atoms with van der Waals surface area (Å²) in [5.74, 6) is 2.34. The van der Waals surface area contributed by atoms with E-state index in [9.17, 15) is 0 Å². The van der Waals surface area contributed by atoms with E-state index in [4.69, 9.17) is 0 Å². The third-order valence-corrected chi connectivity index (χ3v) is 13.6. The first-order chi connectivity index (χ1) is 9.83. The average molecular weight is 311 g/mol. The van der Waals surface area contributed by atoms with E-state index in [-0.39, 0.29) is 17.6 Å². The van der Waals surface area contributed by atoms with E-state index < -0.39 is 0 Å². The van der Waals surface area contributed by atoms with E-state index >= 15 is 0 Å². The van der Waals surface area contributed by atoms with Crippen molar-refractivity contribution in [1.82, 2.24) is 0 Å². The van der Waals surface area contributed by atoms with Gasteiger partial charge in [0.1, 0.15) is 0 Å². The van der Waals surface area contributed by atoms with Gasteiger partial charge in [0.2, 0.25) is 0 Å². The van der Waals surface area contributed by atoms with Crippen LogP contribution in [0, 0.1) is 11.8 Å². The Labute approximate surface area is 131 Å². The van der Waals surface area contributed by atoms with Crippen LogP contribution in [0.4, 0.5) is 0 Å². The third-order valence-electron chi connectivity index (χ3n) is 6.36. The Kier molecular flexibility index (Phi) is 7.94. The molecule has 0 bridgehead atoms. The van der Waals surface area contributed by atoms with Crippen LogP contribution < -0.4 is 0 Å². The van der Waals surface area contributed by atoms with Gasteiger partial charge in [-0.25, -0.2) is 0 Å². The summed E-state index contributed by atoms with van der Waals surface area (Å²) in [6.45, 7) is 4.74. The molecule has 0 amide bonds. The molecule has 118 valence electrons. The standard InChI is InChI=1S/C18H38Si2/c1-3-5-6-12-20-15-9-18(10-16-20)17-7-13-19(11-4-2)14-8-17/h17-20H,3-16H2,1-2H3. The predicted molar refractivity (Wildman–Crippen MR) is 98.4 cm³/mol. The Hall–Kier alpha value is 0.434. The summed E-state index contributed by atoms with van der Waals surface area (Å²) in [6, 6.07) is 10.1. The largest absolute Gasteiger partial charge is 0.0657 e. The molecular weight excluding hydrogens is 272 g/mol. The van der Waals surface area contributed by atoms with Crippen LogP contribution in [-0.4, -0.2) is 17.6 Å². The van der Waals surface area contributed by atoms with Crippen molar-refractivity contribution < 1.29 is 0 Å². The van der Waals surface area contributed by atoms with Gasteiger partial charge in [-0.1, -0.05) is 101 Å². The van der Waals surface area contributed by atoms with Crippen LogP contribution in [0.3, 0.4) is 0 Å². The Bertz CT molecular complexity index is 238. The fraction of sp³-hybridized carbons (Fsp3) is 1.00. The second-order valence-corrected chi connectivity index (χ2v) is 14.8. The van der Waals surface area contributed by atoms with E-state index in [2.05, 4.69) is 13.8 Å². The van der Waals surface area contributed by atoms with Gasteiger partial charge in [-0.2, -0.15) is 0 Å². The fourth-order valence-electron chi connectivity index (χ4n) is 4.99. The minimum absolute atomic E-state index is 0.242. The molecule has 0 aromatic heterocycles. The Morgan fingerprint density at radius 1 is 0.650 bits per heavy atom. The van der Waals surface area contributed by atoms with Crippen molar-refractivity contribution in [3.8, 4) is 0 Å². The smallest absolute Gasteiger partial charge is 0.0368 e. The van der Waals surface area contributed by atoms with Crippen LogP contribution in [0.5, 0.6) is 0 Å². The van der Waals surface area contributed by atoms with E-state index in [1.807, 2.05) is 0 Å². The molecule has 20 heavy (non-hydrogen) atoms. The molecule has 2 aliphatic heterocycles. The Morgan fingerprint density at radius 2 is 1.15 bits per heavy atom. The molecule has 0 aromatic rings. The SMILES string of the molecule is CCCCC[SiH]1CCC(C2CC[SiH](CCC)CC2)CC1. The first-order valence-electron chi connectivity index (χ1n) is 9.83. The lowest BCUT2D eigenvalue weighted by Crippen LogP contribution is -2.30. The minimum Gasteiger partial charge on any atom is -0.0657 e. The van der Waals surface area contributed by atoms with E-state index in [1.54, 1.807) is 68.4 Å². The number of unbranched alkanes of at least 4 members (excludes halogenated alkanes) is 2. The summed E-state index contributed by atoms with van der Waals surface area (Å²) in [5, 5.41) is 0. The van der Waals surface area contributed by atoms with Gasteiger partial charge in [0.25, 0.3) is 0 Å². The highest BCUT2D eigenvalue weighted by atomic mass is 28.3. The van der Waals surface area contributed by atoms with Crippen molar-refractivity contribution in [2.75, 3.05) is 0 Å². The predicted octanol–water partition coefficient (Wildman–Crippen LogP) is 5.86. The first kappa shape index (κ1) is 16.8. The number of hydrogen-bond donors (Lipinski definition) is 0. The average Bonchev–Trinajstić information content (AvgIpc) is 2.49. The van der Waals surface area contributed by atoms with E-state index in [0.29, 0.717) is 0 Å². The van der Waals surface area contributed by atoms with Crippen molar-refractivity contribution in [1.29, 1.82) is 0 Å². The van der Waals surface area contributed by atoms with Crippen LogP contribution in [0.25, 0.3) is 0 Å². The second kappa shape index (κ2) is 9.45. The van der Waals surface area contributed by atoms with Crippen LogP contribution in [0.1, 0.15) is 65.2 Å². The van der Waals surface area contributed by atoms with Gasteiger partial charge >= 0.3 is 0 Å². The molecule has 0 spiro atoms. The van der Waals surface area contributed by atoms with Gasteiger partial charge in [-0.15, -0.1) is 0 Å². The van der Waals surface area contributed by atoms with Crippen LogP contribution in [-0.2, 0) is 0 Å². The lowest BCUT2D eigenvalue weighted by molar-refractivity contribution is 0.278. The zero-order chi connectivity index (χ0) is 14.2. The van der Waals surface area contributed by atoms with E-state index in [0.717, 1.165) is 0 Å². The molecular formula is C18H38Si2. The van der Waals surface area contributed by atoms with Crippen LogP contribution in [0.2, 0.25) is 36.3 Å².